The molecule has 3 N–H and O–H groups in total. The first-order valence-electron chi connectivity index (χ1n) is 9.64. The highest BCUT2D eigenvalue weighted by Crippen LogP contribution is 2.17. The van der Waals surface area contributed by atoms with Crippen LogP contribution in [0.1, 0.15) is 37.1 Å². The first-order chi connectivity index (χ1) is 12.5. The number of hydrogen-bond donors (Lipinski definition) is 3. The van der Waals surface area contributed by atoms with Crippen molar-refractivity contribution in [3.63, 3.8) is 0 Å². The normalized spacial score (nSPS) is 21.5. The monoisotopic (exact) mass is 373 g/mol. The first kappa shape index (κ1) is 19.1. The van der Waals surface area contributed by atoms with Crippen LogP contribution in [0.4, 0.5) is 5.69 Å². The zero-order chi connectivity index (χ0) is 18.5. The predicted molar refractivity (Wildman–Crippen MR) is 108 cm³/mol. The number of carbonyl (C=O) groups is 1. The highest BCUT2D eigenvalue weighted by molar-refractivity contribution is 7.09. The molecule has 0 saturated carbocycles. The van der Waals surface area contributed by atoms with E-state index in [9.17, 15) is 4.79 Å². The van der Waals surface area contributed by atoms with Gasteiger partial charge in [0.1, 0.15) is 32.7 Å². The van der Waals surface area contributed by atoms with Crippen LogP contribution >= 0.6 is 11.3 Å². The molecular weight excluding hydrogens is 342 g/mol. The summed E-state index contributed by atoms with van der Waals surface area (Å²) in [7, 11) is 0. The highest BCUT2D eigenvalue weighted by Gasteiger charge is 2.31. The van der Waals surface area contributed by atoms with Crippen LogP contribution in [-0.4, -0.2) is 38.1 Å². The Kier molecular flexibility index (Phi) is 6.46. The molecule has 1 saturated heterocycles. The lowest BCUT2D eigenvalue weighted by Crippen LogP contribution is -3.29. The maximum atomic E-state index is 12.6. The summed E-state index contributed by atoms with van der Waals surface area (Å²) in [4.78, 5) is 17.1. The summed E-state index contributed by atoms with van der Waals surface area (Å²) >= 11 is 1.84. The number of rotatable bonds is 6. The van der Waals surface area contributed by atoms with Gasteiger partial charge < -0.3 is 15.1 Å². The summed E-state index contributed by atoms with van der Waals surface area (Å²) < 4.78 is 0. The molecule has 1 aromatic carbocycles. The standard InChI is InChI=1S/C21H29N3OS/c1-16(2)18-6-8-19(9-7-18)22-21(25)17(3)24-12-10-23(11-13-24)15-20-5-4-14-26-20/h4-9,14,16-17H,10-13,15H2,1-3H3,(H,22,25)/p+2/t17-/m1/s1. The largest absolute Gasteiger partial charge is 0.321 e. The van der Waals surface area contributed by atoms with Crippen LogP contribution in [0.3, 0.4) is 0 Å². The van der Waals surface area contributed by atoms with Gasteiger partial charge in [0, 0.05) is 5.69 Å². The van der Waals surface area contributed by atoms with Crippen molar-refractivity contribution in [1.29, 1.82) is 0 Å². The van der Waals surface area contributed by atoms with Crippen molar-refractivity contribution in [1.82, 2.24) is 0 Å². The summed E-state index contributed by atoms with van der Waals surface area (Å²) in [6, 6.07) is 12.6. The van der Waals surface area contributed by atoms with E-state index in [2.05, 4.69) is 55.7 Å². The van der Waals surface area contributed by atoms with E-state index in [4.69, 9.17) is 0 Å². The molecule has 4 nitrogen and oxygen atoms in total. The van der Waals surface area contributed by atoms with E-state index in [1.54, 1.807) is 4.90 Å². The van der Waals surface area contributed by atoms with Crippen LogP contribution < -0.4 is 15.1 Å². The van der Waals surface area contributed by atoms with Crippen molar-refractivity contribution in [2.75, 3.05) is 31.5 Å². The number of quaternary nitrogens is 2. The van der Waals surface area contributed by atoms with E-state index in [0.29, 0.717) is 5.92 Å². The number of anilines is 1. The molecule has 2 aromatic rings. The third-order valence-electron chi connectivity index (χ3n) is 5.45. The minimum absolute atomic E-state index is 0.0111. The Morgan fingerprint density at radius 1 is 1.08 bits per heavy atom. The summed E-state index contributed by atoms with van der Waals surface area (Å²) in [5.74, 6) is 0.634. The SMILES string of the molecule is CC(C)c1ccc(NC(=O)[C@@H](C)[NH+]2CC[NH+](Cc3cccs3)CC2)cc1. The van der Waals surface area contributed by atoms with Crippen molar-refractivity contribution in [3.8, 4) is 0 Å². The molecule has 0 spiro atoms. The van der Waals surface area contributed by atoms with Crippen molar-refractivity contribution in [3.05, 3.63) is 52.2 Å². The first-order valence-corrected chi connectivity index (χ1v) is 10.5. The van der Waals surface area contributed by atoms with E-state index in [0.717, 1.165) is 38.4 Å². The van der Waals surface area contributed by atoms with Gasteiger partial charge in [-0.2, -0.15) is 0 Å². The molecule has 1 atom stereocenters. The Hall–Kier alpha value is -1.69. The quantitative estimate of drug-likeness (QED) is 0.699. The second kappa shape index (κ2) is 8.80. The number of thiophene rings is 1. The van der Waals surface area contributed by atoms with Gasteiger partial charge in [-0.1, -0.05) is 32.0 Å². The lowest BCUT2D eigenvalue weighted by Gasteiger charge is -2.32. The minimum atomic E-state index is -0.0111. The Labute approximate surface area is 160 Å². The number of nitrogens with one attached hydrogen (secondary N) is 3. The van der Waals surface area contributed by atoms with Crippen LogP contribution in [0, 0.1) is 0 Å². The third-order valence-corrected chi connectivity index (χ3v) is 6.33. The van der Waals surface area contributed by atoms with Crippen molar-refractivity contribution in [2.45, 2.75) is 39.3 Å². The van der Waals surface area contributed by atoms with Crippen LogP contribution in [0.15, 0.2) is 41.8 Å². The van der Waals surface area contributed by atoms with Gasteiger partial charge in [0.15, 0.2) is 6.04 Å². The molecule has 5 heteroatoms. The summed E-state index contributed by atoms with van der Waals surface area (Å²) in [6.07, 6.45) is 0. The van der Waals surface area contributed by atoms with Crippen LogP contribution in [0.2, 0.25) is 0 Å². The van der Waals surface area contributed by atoms with E-state index >= 15 is 0 Å². The molecule has 0 radical (unpaired) electrons. The van der Waals surface area contributed by atoms with Crippen molar-refractivity contribution in [2.24, 2.45) is 0 Å². The lowest BCUT2D eigenvalue weighted by molar-refractivity contribution is -1.02. The fraction of sp³-hybridized carbons (Fsp3) is 0.476. The summed E-state index contributed by atoms with van der Waals surface area (Å²) in [5, 5.41) is 5.24. The van der Waals surface area contributed by atoms with Crippen molar-refractivity contribution < 1.29 is 14.6 Å². The van der Waals surface area contributed by atoms with Crippen molar-refractivity contribution >= 4 is 22.9 Å². The number of piperazine rings is 1. The fourth-order valence-corrected chi connectivity index (χ4v) is 4.36. The van der Waals surface area contributed by atoms with E-state index < -0.39 is 0 Å². The topological polar surface area (TPSA) is 38.0 Å². The van der Waals surface area contributed by atoms with Gasteiger partial charge in [-0.3, -0.25) is 4.79 Å². The number of amides is 1. The fourth-order valence-electron chi connectivity index (χ4n) is 3.58. The van der Waals surface area contributed by atoms with Gasteiger partial charge in [-0.25, -0.2) is 0 Å². The highest BCUT2D eigenvalue weighted by atomic mass is 32.1. The molecule has 0 bridgehead atoms. The van der Waals surface area contributed by atoms with E-state index in [1.807, 2.05) is 23.5 Å². The molecule has 2 heterocycles. The predicted octanol–water partition coefficient (Wildman–Crippen LogP) is 1.18. The Morgan fingerprint density at radius 3 is 2.35 bits per heavy atom. The number of hydrogen-bond acceptors (Lipinski definition) is 2. The van der Waals surface area contributed by atoms with Gasteiger partial charge in [0.05, 0.1) is 4.88 Å². The molecule has 1 aliphatic heterocycles. The molecule has 140 valence electrons. The molecule has 0 unspecified atom stereocenters. The third kappa shape index (κ3) is 4.93. The van der Waals surface area contributed by atoms with Gasteiger partial charge in [0.2, 0.25) is 0 Å². The molecule has 26 heavy (non-hydrogen) atoms. The molecule has 1 aromatic heterocycles. The Morgan fingerprint density at radius 2 is 1.77 bits per heavy atom. The number of carbonyl (C=O) groups excluding carboxylic acids is 1. The molecule has 3 rings (SSSR count). The smallest absolute Gasteiger partial charge is 0.282 e. The zero-order valence-electron chi connectivity index (χ0n) is 16.0. The van der Waals surface area contributed by atoms with Crippen LogP contribution in [0.25, 0.3) is 0 Å². The van der Waals surface area contributed by atoms with Gasteiger partial charge in [-0.05, 0) is 42.0 Å². The molecule has 1 fully saturated rings. The molecule has 1 amide bonds. The van der Waals surface area contributed by atoms with E-state index in [-0.39, 0.29) is 11.9 Å². The molecule has 0 aliphatic carbocycles. The van der Waals surface area contributed by atoms with Gasteiger partial charge in [-0.15, -0.1) is 11.3 Å². The minimum Gasteiger partial charge on any atom is -0.321 e. The average Bonchev–Trinajstić information content (AvgIpc) is 3.15. The maximum Gasteiger partial charge on any atom is 0.282 e. The second-order valence-electron chi connectivity index (χ2n) is 7.65. The lowest BCUT2D eigenvalue weighted by atomic mass is 10.0. The number of benzene rings is 1. The molecule has 1 aliphatic rings. The Balaban J connectivity index is 1.48. The van der Waals surface area contributed by atoms with E-state index in [1.165, 1.54) is 15.3 Å². The van der Waals surface area contributed by atoms with Gasteiger partial charge in [0.25, 0.3) is 5.91 Å². The second-order valence-corrected chi connectivity index (χ2v) is 8.68. The van der Waals surface area contributed by atoms with Crippen LogP contribution in [0.5, 0.6) is 0 Å². The summed E-state index contributed by atoms with van der Waals surface area (Å²) in [6.45, 7) is 11.9. The zero-order valence-corrected chi connectivity index (χ0v) is 16.9. The molecular formula is C21H31N3OS+2. The maximum absolute atomic E-state index is 12.6. The Bertz CT molecular complexity index is 689. The summed E-state index contributed by atoms with van der Waals surface area (Å²) in [5.41, 5.74) is 2.19. The van der Waals surface area contributed by atoms with Gasteiger partial charge >= 0.3 is 0 Å². The van der Waals surface area contributed by atoms with Crippen LogP contribution in [-0.2, 0) is 11.3 Å². The average molecular weight is 374 g/mol.